The maximum Gasteiger partial charge on any atom is 0.500 e. The Morgan fingerprint density at radius 3 is 2.10 bits per heavy atom. The molecule has 20 heavy (non-hydrogen) atoms. The molecule has 0 aromatic rings. The number of epoxide rings is 1. The summed E-state index contributed by atoms with van der Waals surface area (Å²) in [4.78, 5) is 0. The fraction of sp³-hybridized carbons (Fsp3) is 1.00. The summed E-state index contributed by atoms with van der Waals surface area (Å²) in [5.74, 6) is 0. The van der Waals surface area contributed by atoms with Gasteiger partial charge in [-0.2, -0.15) is 0 Å². The molecule has 1 aliphatic rings. The first-order valence-electron chi connectivity index (χ1n) is 6.79. The highest BCUT2D eigenvalue weighted by Gasteiger charge is 2.37. The smallest absolute Gasteiger partial charge is 0.425 e. The minimum atomic E-state index is -2.43. The summed E-state index contributed by atoms with van der Waals surface area (Å²) in [7, 11) is 3.23. The van der Waals surface area contributed by atoms with Crippen molar-refractivity contribution < 1.29 is 22.4 Å². The summed E-state index contributed by atoms with van der Waals surface area (Å²) in [5, 5.41) is 0. The molecule has 0 saturated carbocycles. The van der Waals surface area contributed by atoms with Crippen LogP contribution in [0.3, 0.4) is 0 Å². The molecule has 0 aliphatic carbocycles. The molecule has 4 N–H and O–H groups in total. The van der Waals surface area contributed by atoms with Gasteiger partial charge in [-0.05, 0) is 19.4 Å². The van der Waals surface area contributed by atoms with Crippen molar-refractivity contribution in [1.29, 1.82) is 0 Å². The lowest BCUT2D eigenvalue weighted by Gasteiger charge is -2.25. The number of hydrogen-bond donors (Lipinski definition) is 2. The third-order valence-corrected chi connectivity index (χ3v) is 6.15. The minimum absolute atomic E-state index is 0.104. The van der Waals surface area contributed by atoms with Crippen molar-refractivity contribution in [1.82, 2.24) is 0 Å². The Morgan fingerprint density at radius 2 is 1.80 bits per heavy atom. The quantitative estimate of drug-likeness (QED) is 0.376. The first kappa shape index (κ1) is 20.2. The van der Waals surface area contributed by atoms with Crippen LogP contribution in [0.1, 0.15) is 12.8 Å². The molecule has 2 unspecified atom stereocenters. The van der Waals surface area contributed by atoms with E-state index >= 15 is 0 Å². The monoisotopic (exact) mass is 326 g/mol. The fourth-order valence-electron chi connectivity index (χ4n) is 1.63. The maximum atomic E-state index is 5.83. The Labute approximate surface area is 126 Å². The summed E-state index contributed by atoms with van der Waals surface area (Å²) in [5.41, 5.74) is 11.2. The Kier molecular flexibility index (Phi) is 11.9. The predicted molar refractivity (Wildman–Crippen MR) is 83.5 cm³/mol. The summed E-state index contributed by atoms with van der Waals surface area (Å²) < 4.78 is 25.5. The average molecular weight is 327 g/mol. The van der Waals surface area contributed by atoms with E-state index in [2.05, 4.69) is 0 Å². The van der Waals surface area contributed by atoms with E-state index < -0.39 is 8.80 Å². The molecule has 0 aromatic carbocycles. The molecular formula is C11H30N2O5Si2. The van der Waals surface area contributed by atoms with Crippen LogP contribution in [0.25, 0.3) is 0 Å². The molecule has 1 fully saturated rings. The normalized spacial score (nSPS) is 19.4. The van der Waals surface area contributed by atoms with Crippen LogP contribution >= 0.6 is 0 Å². The highest BCUT2D eigenvalue weighted by molar-refractivity contribution is 6.60. The van der Waals surface area contributed by atoms with Gasteiger partial charge in [-0.3, -0.25) is 0 Å². The van der Waals surface area contributed by atoms with Crippen LogP contribution in [0.5, 0.6) is 0 Å². The zero-order chi connectivity index (χ0) is 15.4. The molecule has 1 saturated heterocycles. The van der Waals surface area contributed by atoms with E-state index in [4.69, 9.17) is 33.9 Å². The molecule has 7 nitrogen and oxygen atoms in total. The number of hydrogen-bond acceptors (Lipinski definition) is 7. The molecule has 1 rings (SSSR count). The number of nitrogens with two attached hydrogens (primary N) is 2. The summed E-state index contributed by atoms with van der Waals surface area (Å²) in [6.45, 7) is 2.36. The number of ether oxygens (including phenoxy) is 1. The van der Waals surface area contributed by atoms with Crippen LogP contribution in [-0.4, -0.2) is 72.5 Å². The van der Waals surface area contributed by atoms with Crippen LogP contribution in [-0.2, 0) is 22.4 Å². The molecule has 2 atom stereocenters. The van der Waals surface area contributed by atoms with Crippen LogP contribution in [0.4, 0.5) is 0 Å². The Hall–Kier alpha value is 0.154. The molecule has 0 aromatic heterocycles. The number of rotatable bonds is 10. The lowest BCUT2D eigenvalue weighted by molar-refractivity contribution is 0.122. The summed E-state index contributed by atoms with van der Waals surface area (Å²) >= 11 is 0. The van der Waals surface area contributed by atoms with Crippen LogP contribution in [0.2, 0.25) is 6.04 Å². The van der Waals surface area contributed by atoms with Crippen molar-refractivity contribution in [3.63, 3.8) is 0 Å². The molecular weight excluding hydrogens is 296 g/mol. The van der Waals surface area contributed by atoms with Crippen molar-refractivity contribution in [2.45, 2.75) is 31.0 Å². The second-order valence-corrected chi connectivity index (χ2v) is 8.25. The van der Waals surface area contributed by atoms with Gasteiger partial charge < -0.3 is 33.9 Å². The van der Waals surface area contributed by atoms with E-state index in [9.17, 15) is 0 Å². The molecule has 1 aliphatic heterocycles. The van der Waals surface area contributed by atoms with Gasteiger partial charge in [-0.25, -0.2) is 0 Å². The van der Waals surface area contributed by atoms with Gasteiger partial charge in [0.15, 0.2) is 0 Å². The molecule has 122 valence electrons. The van der Waals surface area contributed by atoms with Gasteiger partial charge in [0, 0.05) is 33.4 Å². The van der Waals surface area contributed by atoms with E-state index in [1.165, 1.54) is 0 Å². The lowest BCUT2D eigenvalue weighted by Crippen LogP contribution is -2.44. The molecule has 0 spiro atoms. The summed E-state index contributed by atoms with van der Waals surface area (Å²) in [6.07, 6.45) is 2.10. The van der Waals surface area contributed by atoms with E-state index in [1.54, 1.807) is 21.3 Å². The fourth-order valence-corrected chi connectivity index (χ4v) is 3.84. The van der Waals surface area contributed by atoms with Gasteiger partial charge in [0.05, 0.1) is 13.2 Å². The van der Waals surface area contributed by atoms with Crippen LogP contribution in [0.15, 0.2) is 0 Å². The van der Waals surface area contributed by atoms with Crippen molar-refractivity contribution >= 4 is 19.3 Å². The zero-order valence-corrected chi connectivity index (χ0v) is 16.1. The standard InChI is InChI=1S/C8H22N2O3Si.C3H8O2Si/c1-11-14(12-2,13-3)7-5-8(10)4-6-9;6-5-2-3-1-4-3/h8H,4-7,9-10H2,1-3H3;3H,1-2H2,6H3. The average Bonchev–Trinajstić information content (AvgIpc) is 3.27. The van der Waals surface area contributed by atoms with Gasteiger partial charge in [0.25, 0.3) is 0 Å². The Morgan fingerprint density at radius 1 is 1.25 bits per heavy atom. The van der Waals surface area contributed by atoms with Crippen molar-refractivity contribution in [3.05, 3.63) is 0 Å². The van der Waals surface area contributed by atoms with Gasteiger partial charge in [-0.15, -0.1) is 0 Å². The highest BCUT2D eigenvalue weighted by atomic mass is 28.4. The molecule has 9 heteroatoms. The van der Waals surface area contributed by atoms with Gasteiger partial charge in [0.2, 0.25) is 0 Å². The lowest BCUT2D eigenvalue weighted by atomic mass is 10.2. The van der Waals surface area contributed by atoms with E-state index in [0.717, 1.165) is 42.6 Å². The Balaban J connectivity index is 0.000000493. The second-order valence-electron chi connectivity index (χ2n) is 4.58. The van der Waals surface area contributed by atoms with Gasteiger partial charge in [0.1, 0.15) is 16.6 Å². The topological polar surface area (TPSA) is 101 Å². The van der Waals surface area contributed by atoms with Crippen molar-refractivity contribution in [2.75, 3.05) is 41.1 Å². The second kappa shape index (κ2) is 11.8. The molecule has 0 amide bonds. The van der Waals surface area contributed by atoms with E-state index in [-0.39, 0.29) is 6.04 Å². The van der Waals surface area contributed by atoms with Gasteiger partial charge in [-0.1, -0.05) is 0 Å². The molecule has 0 bridgehead atoms. The third-order valence-electron chi connectivity index (χ3n) is 3.05. The SMILES string of the molecule is CO[Si](CCC(N)CCN)(OC)OC.[SiH3]OCC1CO1. The third kappa shape index (κ3) is 9.16. The van der Waals surface area contributed by atoms with Gasteiger partial charge >= 0.3 is 8.80 Å². The highest BCUT2D eigenvalue weighted by Crippen LogP contribution is 2.16. The molecule has 0 radical (unpaired) electrons. The maximum absolute atomic E-state index is 5.83. The molecule has 1 heterocycles. The van der Waals surface area contributed by atoms with Crippen LogP contribution in [0, 0.1) is 0 Å². The minimum Gasteiger partial charge on any atom is -0.425 e. The zero-order valence-electron chi connectivity index (χ0n) is 13.1. The van der Waals surface area contributed by atoms with E-state index in [1.807, 2.05) is 0 Å². The largest absolute Gasteiger partial charge is 0.500 e. The Bertz CT molecular complexity index is 223. The predicted octanol–water partition coefficient (Wildman–Crippen LogP) is -1.39. The van der Waals surface area contributed by atoms with Crippen molar-refractivity contribution in [3.8, 4) is 0 Å². The first-order valence-corrected chi connectivity index (χ1v) is 9.53. The van der Waals surface area contributed by atoms with E-state index in [0.29, 0.717) is 12.6 Å². The first-order chi connectivity index (χ1) is 9.57. The van der Waals surface area contributed by atoms with Crippen molar-refractivity contribution in [2.24, 2.45) is 11.5 Å². The van der Waals surface area contributed by atoms with Crippen LogP contribution < -0.4 is 11.5 Å². The summed E-state index contributed by atoms with van der Waals surface area (Å²) in [6, 6.07) is 0.838.